The molecule has 1 saturated carbocycles. The second-order valence-electron chi connectivity index (χ2n) is 3.45. The summed E-state index contributed by atoms with van der Waals surface area (Å²) < 4.78 is 1.02. The summed E-state index contributed by atoms with van der Waals surface area (Å²) in [7, 11) is 0. The fourth-order valence-corrected chi connectivity index (χ4v) is 1.66. The van der Waals surface area contributed by atoms with E-state index in [-0.39, 0.29) is 0 Å². The van der Waals surface area contributed by atoms with E-state index in [1.807, 2.05) is 0 Å². The van der Waals surface area contributed by atoms with Crippen molar-refractivity contribution in [3.8, 4) is 0 Å². The summed E-state index contributed by atoms with van der Waals surface area (Å²) in [6, 6.07) is 0. The van der Waals surface area contributed by atoms with E-state index in [4.69, 9.17) is 0 Å². The molecule has 0 unspecified atom stereocenters. The van der Waals surface area contributed by atoms with E-state index in [9.17, 15) is 0 Å². The van der Waals surface area contributed by atoms with E-state index in [1.54, 1.807) is 0 Å². The van der Waals surface area contributed by atoms with Crippen LogP contribution in [-0.4, -0.2) is 17.7 Å². The normalized spacial score (nSPS) is 25.1. The molecule has 1 fully saturated rings. The Hall–Kier alpha value is 0.597. The first-order chi connectivity index (χ1) is 4.39. The molecule has 0 spiro atoms. The summed E-state index contributed by atoms with van der Waals surface area (Å²) >= 11 is 2.39. The zero-order valence-electron chi connectivity index (χ0n) is 6.53. The Morgan fingerprint density at radius 1 is 0.778 bits per heavy atom. The van der Waals surface area contributed by atoms with Crippen LogP contribution < -0.4 is 0 Å². The first-order valence-electron chi connectivity index (χ1n) is 4.39. The Morgan fingerprint density at radius 3 is 1.78 bits per heavy atom. The zero-order valence-corrected chi connectivity index (χ0v) is 6.53. The summed E-state index contributed by atoms with van der Waals surface area (Å²) in [5.74, 6) is 0. The molecule has 1 aliphatic carbocycles. The van der Waals surface area contributed by atoms with Gasteiger partial charge < -0.3 is 0 Å². The van der Waals surface area contributed by atoms with Crippen molar-refractivity contribution in [2.24, 2.45) is 0 Å². The summed E-state index contributed by atoms with van der Waals surface area (Å²) in [4.78, 5) is 0. The molecular formula is C8H15Li. The number of rotatable bonds is 0. The van der Waals surface area contributed by atoms with Gasteiger partial charge in [0, 0.05) is 0 Å². The Morgan fingerprint density at radius 2 is 1.22 bits per heavy atom. The Balaban J connectivity index is 2.12. The zero-order chi connectivity index (χ0) is 6.53. The molecule has 0 amide bonds. The molecule has 0 aromatic rings. The maximum atomic E-state index is 2.39. The minimum absolute atomic E-state index is 1.02. The van der Waals surface area contributed by atoms with E-state index in [2.05, 4.69) is 17.7 Å². The van der Waals surface area contributed by atoms with Crippen molar-refractivity contribution in [3.05, 3.63) is 0 Å². The maximum absolute atomic E-state index is 2.39. The molecule has 48 valence electrons. The van der Waals surface area contributed by atoms with Crippen molar-refractivity contribution < 1.29 is 0 Å². The molecule has 9 heavy (non-hydrogen) atoms. The monoisotopic (exact) mass is 118 g/mol. The summed E-state index contributed by atoms with van der Waals surface area (Å²) in [6.07, 6.45) is 10.4. The number of hydrogen-bond donors (Lipinski definition) is 0. The predicted molar refractivity (Wildman–Crippen MR) is 41.8 cm³/mol. The average molecular weight is 118 g/mol. The van der Waals surface area contributed by atoms with Gasteiger partial charge in [0.05, 0.1) is 0 Å². The van der Waals surface area contributed by atoms with Crippen LogP contribution in [0.1, 0.15) is 44.9 Å². The molecule has 0 heterocycles. The molecule has 0 aromatic heterocycles. The molecule has 1 rings (SSSR count). The van der Waals surface area contributed by atoms with Gasteiger partial charge >= 0.3 is 67.3 Å². The fraction of sp³-hybridized carbons (Fsp3) is 1.00. The van der Waals surface area contributed by atoms with Gasteiger partial charge in [-0.1, -0.05) is 0 Å². The molecule has 0 radical (unpaired) electrons. The van der Waals surface area contributed by atoms with Gasteiger partial charge in [0.25, 0.3) is 0 Å². The molecule has 0 aromatic carbocycles. The summed E-state index contributed by atoms with van der Waals surface area (Å²) in [5.41, 5.74) is 0. The quantitative estimate of drug-likeness (QED) is 0.429. The molecule has 0 saturated heterocycles. The van der Waals surface area contributed by atoms with Gasteiger partial charge in [-0.25, -0.2) is 0 Å². The first-order valence-corrected chi connectivity index (χ1v) is 4.39. The standard InChI is InChI=1S/C8H15.Li/c1-2-4-6-8-7-5-3-1;/h1H,2-8H2;. The van der Waals surface area contributed by atoms with Crippen LogP contribution in [-0.2, 0) is 0 Å². The van der Waals surface area contributed by atoms with Crippen molar-refractivity contribution in [1.82, 2.24) is 0 Å². The van der Waals surface area contributed by atoms with Crippen LogP contribution in [0.4, 0.5) is 0 Å². The predicted octanol–water partition coefficient (Wildman–Crippen LogP) is 2.69. The van der Waals surface area contributed by atoms with Crippen molar-refractivity contribution in [2.75, 3.05) is 0 Å². The molecule has 0 N–H and O–H groups in total. The van der Waals surface area contributed by atoms with Gasteiger partial charge in [-0.15, -0.1) is 0 Å². The van der Waals surface area contributed by atoms with Crippen LogP contribution in [0.3, 0.4) is 0 Å². The van der Waals surface area contributed by atoms with Crippen LogP contribution in [0.15, 0.2) is 0 Å². The van der Waals surface area contributed by atoms with Crippen molar-refractivity contribution in [1.29, 1.82) is 0 Å². The van der Waals surface area contributed by atoms with E-state index >= 15 is 0 Å². The van der Waals surface area contributed by atoms with Crippen molar-refractivity contribution in [3.63, 3.8) is 0 Å². The topological polar surface area (TPSA) is 0 Å². The molecular weight excluding hydrogens is 103 g/mol. The van der Waals surface area contributed by atoms with E-state index in [0.717, 1.165) is 4.59 Å². The third-order valence-corrected chi connectivity index (χ3v) is 2.39. The van der Waals surface area contributed by atoms with Crippen LogP contribution in [0.5, 0.6) is 0 Å². The van der Waals surface area contributed by atoms with Crippen molar-refractivity contribution in [2.45, 2.75) is 49.5 Å². The fourth-order valence-electron chi connectivity index (χ4n) is 1.66. The second-order valence-corrected chi connectivity index (χ2v) is 3.45. The van der Waals surface area contributed by atoms with Gasteiger partial charge in [0.2, 0.25) is 0 Å². The van der Waals surface area contributed by atoms with Gasteiger partial charge in [-0.3, -0.25) is 0 Å². The Labute approximate surface area is 67.6 Å². The van der Waals surface area contributed by atoms with Crippen LogP contribution in [0, 0.1) is 0 Å². The van der Waals surface area contributed by atoms with Crippen molar-refractivity contribution >= 4 is 17.7 Å². The summed E-state index contributed by atoms with van der Waals surface area (Å²) in [6.45, 7) is 0. The van der Waals surface area contributed by atoms with E-state index < -0.39 is 0 Å². The first kappa shape index (κ1) is 7.70. The SMILES string of the molecule is [Li][CH]1CCCCCCC1. The molecule has 1 aliphatic rings. The van der Waals surface area contributed by atoms with Crippen LogP contribution in [0.25, 0.3) is 0 Å². The third kappa shape index (κ3) is 3.33. The summed E-state index contributed by atoms with van der Waals surface area (Å²) in [5, 5.41) is 0. The van der Waals surface area contributed by atoms with Crippen LogP contribution in [0.2, 0.25) is 4.59 Å². The second kappa shape index (κ2) is 4.42. The molecule has 0 nitrogen and oxygen atoms in total. The van der Waals surface area contributed by atoms with Gasteiger partial charge in [0.15, 0.2) is 0 Å². The van der Waals surface area contributed by atoms with Crippen LogP contribution >= 0.6 is 0 Å². The van der Waals surface area contributed by atoms with Gasteiger partial charge in [0.1, 0.15) is 0 Å². The Bertz CT molecular complexity index is 63.0. The number of hydrogen-bond acceptors (Lipinski definition) is 0. The molecule has 0 aliphatic heterocycles. The minimum atomic E-state index is 1.02. The Kier molecular flexibility index (Phi) is 3.78. The van der Waals surface area contributed by atoms with E-state index in [0.29, 0.717) is 0 Å². The average Bonchev–Trinajstić information content (AvgIpc) is 1.79. The molecule has 0 bridgehead atoms. The van der Waals surface area contributed by atoms with Gasteiger partial charge in [-0.2, -0.15) is 0 Å². The molecule has 0 atom stereocenters. The van der Waals surface area contributed by atoms with E-state index in [1.165, 1.54) is 44.9 Å². The molecule has 1 heteroatoms. The third-order valence-electron chi connectivity index (χ3n) is 2.39. The van der Waals surface area contributed by atoms with Gasteiger partial charge in [-0.05, 0) is 0 Å².